The molecule has 0 fully saturated rings. The molecule has 0 aliphatic carbocycles. The van der Waals surface area contributed by atoms with E-state index in [1.54, 1.807) is 18.6 Å². The number of pyridine rings is 2. The number of hydrogen-bond acceptors (Lipinski definition) is 5. The van der Waals surface area contributed by atoms with Gasteiger partial charge in [0.15, 0.2) is 0 Å². The maximum absolute atomic E-state index is 6.43. The van der Waals surface area contributed by atoms with E-state index >= 15 is 0 Å². The number of benzene rings is 2. The Bertz CT molecular complexity index is 1360. The van der Waals surface area contributed by atoms with Crippen LogP contribution < -0.4 is 16.2 Å². The number of H-pyrrole nitrogens is 1. The van der Waals surface area contributed by atoms with Gasteiger partial charge in [0.25, 0.3) is 0 Å². The SMILES string of the molecule is Nc1c(-c2cncc(OC[C@H](N)Cc3c[nH]c4ccccc34)c2)ccc2cnccc12. The summed E-state index contributed by atoms with van der Waals surface area (Å²) in [7, 11) is 0. The Balaban J connectivity index is 1.31. The Kier molecular flexibility index (Phi) is 4.98. The van der Waals surface area contributed by atoms with Crippen molar-refractivity contribution in [1.29, 1.82) is 0 Å². The summed E-state index contributed by atoms with van der Waals surface area (Å²) in [6.45, 7) is 0.392. The standard InChI is InChI=1S/C25H23N5O/c26-19(9-17-13-30-24-4-2-1-3-21(17)24)15-31-20-10-18(12-29-14-20)22-6-5-16-11-28-8-7-23(16)25(22)27/h1-8,10-14,19,30H,9,15,26-27H2/t19-/m1/s1. The fraction of sp³-hybridized carbons (Fsp3) is 0.120. The number of aromatic nitrogens is 3. The van der Waals surface area contributed by atoms with Gasteiger partial charge in [0.1, 0.15) is 12.4 Å². The van der Waals surface area contributed by atoms with Crippen LogP contribution in [0.3, 0.4) is 0 Å². The summed E-state index contributed by atoms with van der Waals surface area (Å²) >= 11 is 0. The molecule has 3 heterocycles. The van der Waals surface area contributed by atoms with E-state index in [1.807, 2.05) is 48.8 Å². The van der Waals surface area contributed by atoms with Gasteiger partial charge < -0.3 is 21.2 Å². The van der Waals surface area contributed by atoms with Crippen LogP contribution in [-0.4, -0.2) is 27.6 Å². The highest BCUT2D eigenvalue weighted by atomic mass is 16.5. The van der Waals surface area contributed by atoms with Crippen molar-refractivity contribution in [2.45, 2.75) is 12.5 Å². The predicted octanol–water partition coefficient (Wildman–Crippen LogP) is 4.31. The molecule has 154 valence electrons. The van der Waals surface area contributed by atoms with Crippen LogP contribution in [0.15, 0.2) is 79.5 Å². The van der Waals surface area contributed by atoms with Gasteiger partial charge >= 0.3 is 0 Å². The van der Waals surface area contributed by atoms with Crippen LogP contribution in [0.5, 0.6) is 5.75 Å². The number of nitrogens with two attached hydrogens (primary N) is 2. The summed E-state index contributed by atoms with van der Waals surface area (Å²) in [4.78, 5) is 11.8. The van der Waals surface area contributed by atoms with E-state index in [0.29, 0.717) is 18.0 Å². The zero-order valence-electron chi connectivity index (χ0n) is 17.0. The first-order valence-electron chi connectivity index (χ1n) is 10.2. The van der Waals surface area contributed by atoms with E-state index in [1.165, 1.54) is 10.9 Å². The van der Waals surface area contributed by atoms with Crippen LogP contribution in [0, 0.1) is 0 Å². The van der Waals surface area contributed by atoms with Gasteiger partial charge in [-0.15, -0.1) is 0 Å². The first-order chi connectivity index (χ1) is 15.2. The minimum Gasteiger partial charge on any atom is -0.490 e. The summed E-state index contributed by atoms with van der Waals surface area (Å²) in [6, 6.07) is 16.0. The van der Waals surface area contributed by atoms with Crippen molar-refractivity contribution in [2.75, 3.05) is 12.3 Å². The lowest BCUT2D eigenvalue weighted by molar-refractivity contribution is 0.287. The third-order valence-electron chi connectivity index (χ3n) is 5.51. The van der Waals surface area contributed by atoms with Crippen LogP contribution in [-0.2, 0) is 6.42 Å². The number of fused-ring (bicyclic) bond motifs is 2. The minimum atomic E-state index is -0.138. The summed E-state index contributed by atoms with van der Waals surface area (Å²) < 4.78 is 5.97. The zero-order valence-corrected chi connectivity index (χ0v) is 17.0. The van der Waals surface area contributed by atoms with Crippen LogP contribution >= 0.6 is 0 Å². The number of hydrogen-bond donors (Lipinski definition) is 3. The molecule has 3 aromatic heterocycles. The Hall–Kier alpha value is -3.90. The Morgan fingerprint density at radius 3 is 2.81 bits per heavy atom. The Labute approximate surface area is 179 Å². The zero-order chi connectivity index (χ0) is 21.2. The van der Waals surface area contributed by atoms with Gasteiger partial charge in [0.2, 0.25) is 0 Å². The maximum atomic E-state index is 6.43. The van der Waals surface area contributed by atoms with Crippen molar-refractivity contribution in [3.8, 4) is 16.9 Å². The van der Waals surface area contributed by atoms with E-state index in [4.69, 9.17) is 16.2 Å². The van der Waals surface area contributed by atoms with Gasteiger partial charge in [0, 0.05) is 69.3 Å². The van der Waals surface area contributed by atoms with Gasteiger partial charge in [0.05, 0.1) is 6.20 Å². The van der Waals surface area contributed by atoms with Gasteiger partial charge in [-0.1, -0.05) is 30.3 Å². The quantitative estimate of drug-likeness (QED) is 0.363. The van der Waals surface area contributed by atoms with Gasteiger partial charge in [-0.2, -0.15) is 0 Å². The molecule has 0 bridgehead atoms. The van der Waals surface area contributed by atoms with Gasteiger partial charge in [-0.3, -0.25) is 9.97 Å². The van der Waals surface area contributed by atoms with Crippen molar-refractivity contribution in [3.05, 3.63) is 85.1 Å². The molecule has 5 N–H and O–H groups in total. The third-order valence-corrected chi connectivity index (χ3v) is 5.51. The summed E-state index contributed by atoms with van der Waals surface area (Å²) in [6.07, 6.45) is 9.78. The summed E-state index contributed by atoms with van der Waals surface area (Å²) in [5.41, 5.74) is 17.6. The predicted molar refractivity (Wildman–Crippen MR) is 125 cm³/mol. The number of ether oxygens (including phenoxy) is 1. The van der Waals surface area contributed by atoms with E-state index in [-0.39, 0.29) is 6.04 Å². The number of nitrogens with one attached hydrogen (secondary N) is 1. The Morgan fingerprint density at radius 1 is 0.968 bits per heavy atom. The second-order valence-electron chi connectivity index (χ2n) is 7.67. The lowest BCUT2D eigenvalue weighted by Gasteiger charge is -2.14. The number of para-hydroxylation sites is 1. The fourth-order valence-corrected chi connectivity index (χ4v) is 3.93. The van der Waals surface area contributed by atoms with Crippen molar-refractivity contribution in [1.82, 2.24) is 15.0 Å². The first kappa shape index (κ1) is 19.1. The molecule has 0 aliphatic heterocycles. The molecule has 31 heavy (non-hydrogen) atoms. The van der Waals surface area contributed by atoms with Crippen LogP contribution in [0.25, 0.3) is 32.8 Å². The number of nitrogen functional groups attached to an aromatic ring is 1. The second kappa shape index (κ2) is 8.08. The highest BCUT2D eigenvalue weighted by molar-refractivity contribution is 6.00. The fourth-order valence-electron chi connectivity index (χ4n) is 3.93. The Morgan fingerprint density at radius 2 is 1.87 bits per heavy atom. The normalized spacial score (nSPS) is 12.3. The van der Waals surface area contributed by atoms with E-state index < -0.39 is 0 Å². The molecule has 0 unspecified atom stereocenters. The highest BCUT2D eigenvalue weighted by Gasteiger charge is 2.11. The molecule has 0 aliphatic rings. The maximum Gasteiger partial charge on any atom is 0.138 e. The molecular weight excluding hydrogens is 386 g/mol. The third kappa shape index (κ3) is 3.81. The van der Waals surface area contributed by atoms with Crippen molar-refractivity contribution in [2.24, 2.45) is 5.73 Å². The molecule has 0 spiro atoms. The van der Waals surface area contributed by atoms with E-state index in [2.05, 4.69) is 27.1 Å². The molecule has 0 saturated carbocycles. The smallest absolute Gasteiger partial charge is 0.138 e. The van der Waals surface area contributed by atoms with Crippen molar-refractivity contribution < 1.29 is 4.74 Å². The molecule has 1 atom stereocenters. The number of anilines is 1. The average Bonchev–Trinajstić information content (AvgIpc) is 3.21. The van der Waals surface area contributed by atoms with Crippen molar-refractivity contribution >= 4 is 27.4 Å². The summed E-state index contributed by atoms with van der Waals surface area (Å²) in [5, 5.41) is 3.18. The lowest BCUT2D eigenvalue weighted by Crippen LogP contribution is -2.30. The monoisotopic (exact) mass is 409 g/mol. The number of nitrogens with zero attached hydrogens (tertiary/aromatic N) is 2. The molecule has 2 aromatic carbocycles. The molecular formula is C25H23N5O. The van der Waals surface area contributed by atoms with Crippen molar-refractivity contribution in [3.63, 3.8) is 0 Å². The van der Waals surface area contributed by atoms with Crippen LogP contribution in [0.2, 0.25) is 0 Å². The van der Waals surface area contributed by atoms with Gasteiger partial charge in [-0.05, 0) is 30.2 Å². The lowest BCUT2D eigenvalue weighted by atomic mass is 10.0. The average molecular weight is 409 g/mol. The first-order valence-corrected chi connectivity index (χ1v) is 10.2. The molecule has 5 aromatic rings. The highest BCUT2D eigenvalue weighted by Crippen LogP contribution is 2.33. The molecule has 0 radical (unpaired) electrons. The second-order valence-corrected chi connectivity index (χ2v) is 7.67. The molecule has 0 amide bonds. The molecule has 6 heteroatoms. The topological polar surface area (TPSA) is 103 Å². The minimum absolute atomic E-state index is 0.138. The molecule has 6 nitrogen and oxygen atoms in total. The van der Waals surface area contributed by atoms with E-state index in [9.17, 15) is 0 Å². The van der Waals surface area contributed by atoms with Crippen LogP contribution in [0.4, 0.5) is 5.69 Å². The number of rotatable bonds is 6. The summed E-state index contributed by atoms with van der Waals surface area (Å²) in [5.74, 6) is 0.668. The largest absolute Gasteiger partial charge is 0.490 e. The molecule has 5 rings (SSSR count). The van der Waals surface area contributed by atoms with Crippen LogP contribution in [0.1, 0.15) is 5.56 Å². The molecule has 0 saturated heterocycles. The number of aromatic amines is 1. The van der Waals surface area contributed by atoms with E-state index in [0.717, 1.165) is 33.8 Å². The van der Waals surface area contributed by atoms with Gasteiger partial charge in [-0.25, -0.2) is 0 Å².